The number of hydrogen-bond donors (Lipinski definition) is 1. The molecular formula is C5H2F12KNO4S2. The number of rotatable bonds is 5. The number of halogens is 12. The molecule has 0 amide bonds. The molecule has 0 atom stereocenters. The van der Waals surface area contributed by atoms with Crippen LogP contribution in [0.1, 0.15) is 0 Å². The molecule has 0 heterocycles. The Morgan fingerprint density at radius 1 is 0.520 bits per heavy atom. The van der Waals surface area contributed by atoms with Gasteiger partial charge in [-0.15, -0.1) is 0 Å². The molecule has 0 unspecified atom stereocenters. The van der Waals surface area contributed by atoms with E-state index in [9.17, 15) is 69.5 Å². The quantitative estimate of drug-likeness (QED) is 0.488. The Labute approximate surface area is 172 Å². The predicted octanol–water partition coefficient (Wildman–Crippen LogP) is 1.53. The van der Waals surface area contributed by atoms with E-state index in [1.165, 1.54) is 0 Å². The van der Waals surface area contributed by atoms with Crippen molar-refractivity contribution in [2.24, 2.45) is 0 Å². The summed E-state index contributed by atoms with van der Waals surface area (Å²) in [6, 6.07) is 0. The van der Waals surface area contributed by atoms with Crippen LogP contribution >= 0.6 is 0 Å². The Kier molecular flexibility index (Phi) is 8.07. The maximum absolute atomic E-state index is 12.8. The van der Waals surface area contributed by atoms with E-state index in [2.05, 4.69) is 0 Å². The first-order valence-electron chi connectivity index (χ1n) is 4.50. The summed E-state index contributed by atoms with van der Waals surface area (Å²) in [7, 11) is -15.7. The third-order valence-corrected chi connectivity index (χ3v) is 5.54. The molecule has 0 spiro atoms. The SMILES string of the molecule is O=S(=O)(NS(=O)(=O)C(F)(F)C(F)(F)C(F)(F)F)C(F)(F)C(F)(F)F.[KH]. The van der Waals surface area contributed by atoms with Crippen molar-refractivity contribution in [3.05, 3.63) is 0 Å². The van der Waals surface area contributed by atoms with Crippen molar-refractivity contribution in [2.45, 2.75) is 28.8 Å². The Balaban J connectivity index is 0. The Bertz CT molecular complexity index is 692. The summed E-state index contributed by atoms with van der Waals surface area (Å²) in [5.74, 6) is -7.53. The van der Waals surface area contributed by atoms with Crippen molar-refractivity contribution in [3.63, 3.8) is 0 Å². The average Bonchev–Trinajstić information content (AvgIpc) is 2.23. The van der Waals surface area contributed by atoms with E-state index < -0.39 is 53.0 Å². The van der Waals surface area contributed by atoms with E-state index in [1.807, 2.05) is 0 Å². The van der Waals surface area contributed by atoms with Crippen molar-refractivity contribution in [3.8, 4) is 0 Å². The van der Waals surface area contributed by atoms with Gasteiger partial charge in [-0.2, -0.15) is 52.7 Å². The van der Waals surface area contributed by atoms with Crippen molar-refractivity contribution in [1.29, 1.82) is 0 Å². The second kappa shape index (κ2) is 7.24. The van der Waals surface area contributed by atoms with E-state index in [4.69, 9.17) is 0 Å². The minimum atomic E-state index is -7.92. The van der Waals surface area contributed by atoms with Gasteiger partial charge in [-0.25, -0.2) is 16.8 Å². The summed E-state index contributed by atoms with van der Waals surface area (Å²) in [6.45, 7) is 0. The Morgan fingerprint density at radius 2 is 0.800 bits per heavy atom. The van der Waals surface area contributed by atoms with E-state index in [0.29, 0.717) is 0 Å². The van der Waals surface area contributed by atoms with E-state index in [1.54, 1.807) is 0 Å². The van der Waals surface area contributed by atoms with Crippen LogP contribution in [0.15, 0.2) is 0 Å². The van der Waals surface area contributed by atoms with Crippen LogP contribution in [0.5, 0.6) is 0 Å². The van der Waals surface area contributed by atoms with Crippen LogP contribution in [0.3, 0.4) is 0 Å². The average molecular weight is 471 g/mol. The number of nitrogens with one attached hydrogen (secondary N) is 1. The summed E-state index contributed by atoms with van der Waals surface area (Å²) in [5, 5.41) is -14.6. The molecule has 0 bridgehead atoms. The van der Waals surface area contributed by atoms with Gasteiger partial charge in [0, 0.05) is 0 Å². The maximum atomic E-state index is 12.8. The van der Waals surface area contributed by atoms with Gasteiger partial charge in [-0.3, -0.25) is 0 Å². The molecule has 5 nitrogen and oxygen atoms in total. The molecule has 0 aromatic carbocycles. The molecule has 0 aliphatic heterocycles. The van der Waals surface area contributed by atoms with Crippen LogP contribution in [0.4, 0.5) is 52.7 Å². The van der Waals surface area contributed by atoms with Crippen LogP contribution in [-0.4, -0.2) is 97.0 Å². The van der Waals surface area contributed by atoms with Gasteiger partial charge in [-0.1, -0.05) is 4.13 Å². The summed E-state index contributed by atoms with van der Waals surface area (Å²) >= 11 is 0. The summed E-state index contributed by atoms with van der Waals surface area (Å²) in [5.41, 5.74) is 0. The molecule has 0 aromatic rings. The normalized spacial score (nSPS) is 15.7. The van der Waals surface area contributed by atoms with Gasteiger partial charge < -0.3 is 0 Å². The molecule has 0 radical (unpaired) electrons. The summed E-state index contributed by atoms with van der Waals surface area (Å²) in [4.78, 5) is 0. The van der Waals surface area contributed by atoms with Gasteiger partial charge in [0.25, 0.3) is 20.0 Å². The first-order chi connectivity index (χ1) is 9.96. The first kappa shape index (κ1) is 27.9. The molecular weight excluding hydrogens is 469 g/mol. The van der Waals surface area contributed by atoms with Crippen LogP contribution in [-0.2, 0) is 20.0 Å². The molecule has 0 saturated carbocycles. The molecule has 25 heavy (non-hydrogen) atoms. The van der Waals surface area contributed by atoms with Crippen LogP contribution in [0, 0.1) is 0 Å². The standard InChI is InChI=1S/C5HF12NO4S2.K.H/c6-1(7,2(8,9)10)4(14,15)23(19,20)18-24(21,22)5(16,17)3(11,12)13;;/h18H;;. The third kappa shape index (κ3) is 4.74. The minimum absolute atomic E-state index is 0. The fourth-order valence-corrected chi connectivity index (χ4v) is 3.49. The van der Waals surface area contributed by atoms with Crippen LogP contribution in [0.25, 0.3) is 0 Å². The van der Waals surface area contributed by atoms with Crippen molar-refractivity contribution >= 4 is 71.4 Å². The summed E-state index contributed by atoms with van der Waals surface area (Å²) in [6.07, 6.45) is -14.4. The van der Waals surface area contributed by atoms with Gasteiger partial charge in [0.2, 0.25) is 0 Å². The molecule has 0 rings (SSSR count). The van der Waals surface area contributed by atoms with Gasteiger partial charge >= 0.3 is 80.2 Å². The molecule has 0 aromatic heterocycles. The van der Waals surface area contributed by atoms with Gasteiger partial charge in [0.1, 0.15) is 0 Å². The molecule has 0 fully saturated rings. The summed E-state index contributed by atoms with van der Waals surface area (Å²) < 4.78 is 187. The van der Waals surface area contributed by atoms with Crippen molar-refractivity contribution in [2.75, 3.05) is 0 Å². The molecule has 148 valence electrons. The monoisotopic (exact) mass is 471 g/mol. The van der Waals surface area contributed by atoms with Gasteiger partial charge in [0.05, 0.1) is 0 Å². The van der Waals surface area contributed by atoms with Gasteiger partial charge in [0.15, 0.2) is 0 Å². The zero-order valence-electron chi connectivity index (χ0n) is 9.99. The number of sulfonamides is 2. The Morgan fingerprint density at radius 3 is 1.04 bits per heavy atom. The zero-order chi connectivity index (χ0) is 20.2. The molecule has 1 N–H and O–H groups in total. The van der Waals surface area contributed by atoms with Crippen molar-refractivity contribution in [1.82, 2.24) is 4.13 Å². The predicted molar refractivity (Wildman–Crippen MR) is 55.1 cm³/mol. The second-order valence-corrected chi connectivity index (χ2v) is 7.40. The molecule has 20 heteroatoms. The number of hydrogen-bond acceptors (Lipinski definition) is 4. The second-order valence-electron chi connectivity index (χ2n) is 3.69. The molecule has 0 saturated heterocycles. The molecule has 0 aliphatic rings. The topological polar surface area (TPSA) is 80.3 Å². The van der Waals surface area contributed by atoms with Crippen LogP contribution in [0.2, 0.25) is 0 Å². The van der Waals surface area contributed by atoms with E-state index in [-0.39, 0.29) is 51.4 Å². The molecule has 0 aliphatic carbocycles. The fourth-order valence-electron chi connectivity index (χ4n) is 0.735. The van der Waals surface area contributed by atoms with E-state index >= 15 is 0 Å². The van der Waals surface area contributed by atoms with Crippen molar-refractivity contribution < 1.29 is 69.5 Å². The number of alkyl halides is 12. The van der Waals surface area contributed by atoms with Gasteiger partial charge in [-0.05, 0) is 0 Å². The van der Waals surface area contributed by atoms with Crippen LogP contribution < -0.4 is 4.13 Å². The Hall–Kier alpha value is 0.656. The third-order valence-electron chi connectivity index (χ3n) is 1.95. The first-order valence-corrected chi connectivity index (χ1v) is 7.47. The van der Waals surface area contributed by atoms with E-state index in [0.717, 1.165) is 0 Å². The zero-order valence-corrected chi connectivity index (χ0v) is 11.6. The fraction of sp³-hybridized carbons (Fsp3) is 1.00.